The van der Waals surface area contributed by atoms with Crippen molar-refractivity contribution >= 4 is 45.3 Å². The molecule has 0 unspecified atom stereocenters. The van der Waals surface area contributed by atoms with Gasteiger partial charge in [0.15, 0.2) is 5.78 Å². The fourth-order valence-corrected chi connectivity index (χ4v) is 4.73. The molecule has 2 saturated heterocycles. The van der Waals surface area contributed by atoms with E-state index in [1.807, 2.05) is 13.8 Å². The molecule has 2 aliphatic rings. The molecule has 1 aromatic carbocycles. The van der Waals surface area contributed by atoms with Crippen LogP contribution in [0.5, 0.6) is 0 Å². The number of alkyl halides is 1. The molecule has 3 rings (SSSR count). The molecule has 2 N–H and O–H groups in total. The van der Waals surface area contributed by atoms with Crippen LogP contribution in [0, 0.1) is 5.92 Å². The van der Waals surface area contributed by atoms with Crippen LogP contribution in [-0.4, -0.2) is 69.4 Å². The fourth-order valence-electron chi connectivity index (χ4n) is 4.34. The van der Waals surface area contributed by atoms with E-state index in [-0.39, 0.29) is 35.8 Å². The number of nitrogens with one attached hydrogen (secondary N) is 2. The summed E-state index contributed by atoms with van der Waals surface area (Å²) >= 11 is 3.17. The summed E-state index contributed by atoms with van der Waals surface area (Å²) in [5, 5.41) is 8.17. The third-order valence-electron chi connectivity index (χ3n) is 6.05. The second-order valence-corrected chi connectivity index (χ2v) is 9.64. The number of benzene rings is 1. The van der Waals surface area contributed by atoms with E-state index in [1.54, 1.807) is 30.3 Å². The molecule has 3 atom stereocenters. The Morgan fingerprint density at radius 2 is 1.82 bits per heavy atom. The highest BCUT2D eigenvalue weighted by Gasteiger charge is 2.45. The molecule has 0 aromatic heterocycles. The van der Waals surface area contributed by atoms with Gasteiger partial charge in [0.1, 0.15) is 12.1 Å². The summed E-state index contributed by atoms with van der Waals surface area (Å²) in [6.45, 7) is 4.24. The van der Waals surface area contributed by atoms with Crippen LogP contribution in [-0.2, 0) is 19.2 Å². The van der Waals surface area contributed by atoms with Crippen LogP contribution in [0.25, 0.3) is 0 Å². The number of carbonyl (C=O) groups excluding carboxylic acids is 5. The normalized spacial score (nSPS) is 21.5. The molecule has 4 amide bonds. The summed E-state index contributed by atoms with van der Waals surface area (Å²) < 4.78 is 0. The zero-order valence-corrected chi connectivity index (χ0v) is 21.0. The number of hydrazine groups is 1. The van der Waals surface area contributed by atoms with Crippen molar-refractivity contribution in [1.82, 2.24) is 20.7 Å². The zero-order valence-electron chi connectivity index (χ0n) is 19.5. The van der Waals surface area contributed by atoms with Crippen LogP contribution in [0.15, 0.2) is 30.3 Å². The quantitative estimate of drug-likeness (QED) is 0.493. The Kier molecular flexibility index (Phi) is 8.82. The molecular formula is C24H31BrN4O5. The number of fused-ring (bicyclic) bond motifs is 1. The first-order valence-corrected chi connectivity index (χ1v) is 12.7. The van der Waals surface area contributed by atoms with E-state index >= 15 is 0 Å². The summed E-state index contributed by atoms with van der Waals surface area (Å²) in [6, 6.07) is 5.95. The van der Waals surface area contributed by atoms with E-state index in [9.17, 15) is 24.0 Å². The first kappa shape index (κ1) is 25.9. The maximum absolute atomic E-state index is 13.5. The topological polar surface area (TPSA) is 116 Å². The molecule has 10 heteroatoms. The second-order valence-electron chi connectivity index (χ2n) is 9.08. The first-order valence-electron chi connectivity index (χ1n) is 11.6. The summed E-state index contributed by atoms with van der Waals surface area (Å²) in [5.74, 6) is -1.63. The molecule has 2 heterocycles. The van der Waals surface area contributed by atoms with E-state index in [1.165, 1.54) is 10.0 Å². The van der Waals surface area contributed by atoms with Crippen molar-refractivity contribution in [3.63, 3.8) is 0 Å². The maximum atomic E-state index is 13.5. The molecule has 2 aliphatic heterocycles. The van der Waals surface area contributed by atoms with Crippen LogP contribution < -0.4 is 10.6 Å². The van der Waals surface area contributed by atoms with Crippen LogP contribution in [0.3, 0.4) is 0 Å². The van der Waals surface area contributed by atoms with Gasteiger partial charge in [-0.05, 0) is 43.7 Å². The smallest absolute Gasteiger partial charge is 0.264 e. The number of hydrogen-bond acceptors (Lipinski definition) is 5. The number of carbonyl (C=O) groups is 5. The summed E-state index contributed by atoms with van der Waals surface area (Å²) in [7, 11) is 0. The Morgan fingerprint density at radius 3 is 2.47 bits per heavy atom. The Labute approximate surface area is 207 Å². The lowest BCUT2D eigenvalue weighted by atomic mass is 9.99. The molecule has 0 saturated carbocycles. The standard InChI is InChI=1S/C24H31BrN4O5/c1-15(2)13-18(20(30)14-25)27-23(33)19-9-6-12-28-21(31)11-10-17(24(34)29(19)28)26-22(32)16-7-4-3-5-8-16/h3-5,7-8,15,17-19H,6,9-14H2,1-2H3,(H,26,32)(H,27,33)/t17-,18-,19-/m0/s1. The lowest BCUT2D eigenvalue weighted by molar-refractivity contribution is -0.176. The molecule has 184 valence electrons. The fraction of sp³-hybridized carbons (Fsp3) is 0.542. The summed E-state index contributed by atoms with van der Waals surface area (Å²) in [6.07, 6.45) is 1.60. The monoisotopic (exact) mass is 534 g/mol. The van der Waals surface area contributed by atoms with Crippen LogP contribution >= 0.6 is 15.9 Å². The Bertz CT molecular complexity index is 939. The van der Waals surface area contributed by atoms with Crippen molar-refractivity contribution < 1.29 is 24.0 Å². The molecule has 0 bridgehead atoms. The number of Topliss-reactive ketones (excluding diaryl/α,β-unsaturated/α-hetero) is 1. The minimum absolute atomic E-state index is 0.0777. The van der Waals surface area contributed by atoms with Crippen molar-refractivity contribution in [3.05, 3.63) is 35.9 Å². The number of rotatable bonds is 8. The van der Waals surface area contributed by atoms with Gasteiger partial charge in [-0.25, -0.2) is 5.01 Å². The average Bonchev–Trinajstić information content (AvgIpc) is 2.95. The summed E-state index contributed by atoms with van der Waals surface area (Å²) in [5.41, 5.74) is 0.403. The van der Waals surface area contributed by atoms with Gasteiger partial charge >= 0.3 is 0 Å². The molecule has 0 radical (unpaired) electrons. The predicted molar refractivity (Wildman–Crippen MR) is 129 cm³/mol. The van der Waals surface area contributed by atoms with Crippen molar-refractivity contribution in [2.24, 2.45) is 5.92 Å². The van der Waals surface area contributed by atoms with Crippen molar-refractivity contribution in [2.75, 3.05) is 11.9 Å². The van der Waals surface area contributed by atoms with Gasteiger partial charge in [-0.2, -0.15) is 0 Å². The van der Waals surface area contributed by atoms with Gasteiger partial charge in [-0.1, -0.05) is 48.0 Å². The summed E-state index contributed by atoms with van der Waals surface area (Å²) in [4.78, 5) is 64.7. The molecule has 0 spiro atoms. The molecule has 0 aliphatic carbocycles. The van der Waals surface area contributed by atoms with E-state index in [0.717, 1.165) is 0 Å². The Balaban J connectivity index is 1.82. The highest BCUT2D eigenvalue weighted by Crippen LogP contribution is 2.25. The SMILES string of the molecule is CC(C)C[C@H](NC(=O)[C@@H]1CCCN2C(=O)CC[C@H](NC(=O)c3ccccc3)C(=O)N12)C(=O)CBr. The minimum Gasteiger partial charge on any atom is -0.344 e. The molecule has 1 aromatic rings. The van der Waals surface area contributed by atoms with E-state index in [4.69, 9.17) is 0 Å². The van der Waals surface area contributed by atoms with Crippen molar-refractivity contribution in [3.8, 4) is 0 Å². The van der Waals surface area contributed by atoms with Crippen molar-refractivity contribution in [1.29, 1.82) is 0 Å². The van der Waals surface area contributed by atoms with Gasteiger partial charge < -0.3 is 10.6 Å². The van der Waals surface area contributed by atoms with Gasteiger partial charge in [-0.3, -0.25) is 29.0 Å². The zero-order chi connectivity index (χ0) is 24.8. The Hall–Kier alpha value is -2.75. The largest absolute Gasteiger partial charge is 0.344 e. The molecular weight excluding hydrogens is 504 g/mol. The van der Waals surface area contributed by atoms with Gasteiger partial charge in [0, 0.05) is 18.5 Å². The van der Waals surface area contributed by atoms with Gasteiger partial charge in [0.2, 0.25) is 11.8 Å². The van der Waals surface area contributed by atoms with Crippen LogP contribution in [0.2, 0.25) is 0 Å². The molecule has 34 heavy (non-hydrogen) atoms. The third-order valence-corrected chi connectivity index (χ3v) is 6.60. The Morgan fingerprint density at radius 1 is 1.12 bits per heavy atom. The van der Waals surface area contributed by atoms with E-state index < -0.39 is 35.8 Å². The van der Waals surface area contributed by atoms with Crippen molar-refractivity contribution in [2.45, 2.75) is 64.1 Å². The highest BCUT2D eigenvalue weighted by molar-refractivity contribution is 9.09. The first-order chi connectivity index (χ1) is 16.2. The average molecular weight is 535 g/mol. The van der Waals surface area contributed by atoms with Crippen LogP contribution in [0.4, 0.5) is 0 Å². The lowest BCUT2D eigenvalue weighted by Crippen LogP contribution is -2.64. The van der Waals surface area contributed by atoms with Crippen LogP contribution in [0.1, 0.15) is 56.3 Å². The number of nitrogens with zero attached hydrogens (tertiary/aromatic N) is 2. The number of ketones is 1. The number of hydrogen-bond donors (Lipinski definition) is 2. The lowest BCUT2D eigenvalue weighted by Gasteiger charge is -2.43. The van der Waals surface area contributed by atoms with Gasteiger partial charge in [-0.15, -0.1) is 0 Å². The third kappa shape index (κ3) is 6.02. The minimum atomic E-state index is -0.939. The predicted octanol–water partition coefficient (Wildman–Crippen LogP) is 1.81. The van der Waals surface area contributed by atoms with Gasteiger partial charge in [0.25, 0.3) is 11.8 Å². The van der Waals surface area contributed by atoms with Gasteiger partial charge in [0.05, 0.1) is 11.4 Å². The number of amides is 4. The van der Waals surface area contributed by atoms with E-state index in [2.05, 4.69) is 26.6 Å². The van der Waals surface area contributed by atoms with E-state index in [0.29, 0.717) is 31.4 Å². The molecule has 9 nitrogen and oxygen atoms in total. The number of halogens is 1. The second kappa shape index (κ2) is 11.6. The maximum Gasteiger partial charge on any atom is 0.264 e. The molecule has 2 fully saturated rings. The highest BCUT2D eigenvalue weighted by atomic mass is 79.9.